The van der Waals surface area contributed by atoms with Crippen LogP contribution >= 0.6 is 0 Å². The minimum Gasteiger partial charge on any atom is -0.398 e. The van der Waals surface area contributed by atoms with Gasteiger partial charge in [0.1, 0.15) is 4.90 Å². The van der Waals surface area contributed by atoms with Crippen molar-refractivity contribution in [3.63, 3.8) is 0 Å². The third-order valence-corrected chi connectivity index (χ3v) is 6.11. The van der Waals surface area contributed by atoms with E-state index >= 15 is 0 Å². The van der Waals surface area contributed by atoms with Gasteiger partial charge in [0.25, 0.3) is 0 Å². The topological polar surface area (TPSA) is 116 Å². The first-order valence-electron chi connectivity index (χ1n) is 6.25. The molecule has 0 radical (unpaired) electrons. The summed E-state index contributed by atoms with van der Waals surface area (Å²) in [5.74, 6) is 0. The summed E-state index contributed by atoms with van der Waals surface area (Å²) in [6.07, 6.45) is 1.55. The van der Waals surface area contributed by atoms with Gasteiger partial charge in [0.15, 0.2) is 9.84 Å². The Morgan fingerprint density at radius 1 is 1.29 bits per heavy atom. The lowest BCUT2D eigenvalue weighted by Crippen LogP contribution is -2.46. The first-order valence-corrected chi connectivity index (χ1v) is 9.62. The highest BCUT2D eigenvalue weighted by Crippen LogP contribution is 2.26. The predicted octanol–water partition coefficient (Wildman–Crippen LogP) is 0.130. The summed E-state index contributed by atoms with van der Waals surface area (Å²) in [7, 11) is -7.45. The molecule has 1 aromatic rings. The number of nitrogens with one attached hydrogen (secondary N) is 1. The number of benzene rings is 1. The maximum atomic E-state index is 12.5. The van der Waals surface area contributed by atoms with E-state index in [0.717, 1.165) is 12.3 Å². The molecule has 0 aromatic heterocycles. The van der Waals surface area contributed by atoms with Gasteiger partial charge in [-0.25, -0.2) is 21.6 Å². The van der Waals surface area contributed by atoms with Crippen LogP contribution in [0.15, 0.2) is 28.0 Å². The van der Waals surface area contributed by atoms with E-state index in [1.807, 2.05) is 0 Å². The third kappa shape index (κ3) is 3.54. The smallest absolute Gasteiger partial charge is 0.243 e. The van der Waals surface area contributed by atoms with Crippen molar-refractivity contribution < 1.29 is 21.6 Å². The van der Waals surface area contributed by atoms with Gasteiger partial charge in [-0.2, -0.15) is 0 Å². The van der Waals surface area contributed by atoms with Crippen LogP contribution in [0.4, 0.5) is 5.69 Å². The average molecular weight is 334 g/mol. The number of sulfone groups is 1. The summed E-state index contributed by atoms with van der Waals surface area (Å²) in [4.78, 5) is -0.330. The summed E-state index contributed by atoms with van der Waals surface area (Å²) >= 11 is 0. The fourth-order valence-corrected chi connectivity index (χ4v) is 4.41. The van der Waals surface area contributed by atoms with E-state index in [4.69, 9.17) is 10.5 Å². The van der Waals surface area contributed by atoms with Crippen molar-refractivity contribution >= 4 is 25.5 Å². The number of sulfonamides is 1. The number of ether oxygens (including phenoxy) is 1. The van der Waals surface area contributed by atoms with Gasteiger partial charge in [-0.1, -0.05) is 0 Å². The van der Waals surface area contributed by atoms with Crippen molar-refractivity contribution in [3.05, 3.63) is 18.2 Å². The van der Waals surface area contributed by atoms with E-state index in [0.29, 0.717) is 13.0 Å². The average Bonchev–Trinajstić information content (AvgIpc) is 2.73. The van der Waals surface area contributed by atoms with Gasteiger partial charge in [0, 0.05) is 12.9 Å². The molecule has 2 rings (SSSR count). The first-order chi connectivity index (χ1) is 9.54. The van der Waals surface area contributed by atoms with E-state index in [2.05, 4.69) is 4.72 Å². The lowest BCUT2D eigenvalue weighted by molar-refractivity contribution is 0.178. The standard InChI is InChI=1S/C12H18N2O5S2/c1-12(5-6-19-8-12)14-21(17,18)11-7-9(20(2,15)16)3-4-10(11)13/h3-4,7,14H,5-6,8,13H2,1-2H3. The van der Waals surface area contributed by atoms with E-state index in [-0.39, 0.29) is 22.1 Å². The Labute approximate surface area is 124 Å². The molecule has 1 aliphatic heterocycles. The van der Waals surface area contributed by atoms with Gasteiger partial charge in [-0.15, -0.1) is 0 Å². The minimum absolute atomic E-state index is 0.00239. The molecule has 1 aromatic carbocycles. The molecule has 9 heteroatoms. The van der Waals surface area contributed by atoms with Crippen LogP contribution in [0.1, 0.15) is 13.3 Å². The summed E-state index contributed by atoms with van der Waals surface area (Å²) in [5, 5.41) is 0. The molecule has 0 aliphatic carbocycles. The molecular formula is C12H18N2O5S2. The van der Waals surface area contributed by atoms with Crippen molar-refractivity contribution in [1.82, 2.24) is 4.72 Å². The van der Waals surface area contributed by atoms with Crippen LogP contribution in [0.3, 0.4) is 0 Å². The first kappa shape index (κ1) is 16.2. The third-order valence-electron chi connectivity index (χ3n) is 3.30. The van der Waals surface area contributed by atoms with Crippen molar-refractivity contribution in [2.24, 2.45) is 0 Å². The van der Waals surface area contributed by atoms with Gasteiger partial charge in [-0.05, 0) is 31.5 Å². The summed E-state index contributed by atoms with van der Waals surface area (Å²) in [6.45, 7) is 2.46. The van der Waals surface area contributed by atoms with Gasteiger partial charge in [0.05, 0.1) is 22.7 Å². The Balaban J connectivity index is 2.44. The van der Waals surface area contributed by atoms with Crippen LogP contribution in [0, 0.1) is 0 Å². The molecule has 21 heavy (non-hydrogen) atoms. The lowest BCUT2D eigenvalue weighted by Gasteiger charge is -2.23. The maximum absolute atomic E-state index is 12.5. The zero-order valence-electron chi connectivity index (χ0n) is 11.8. The normalized spacial score (nSPS) is 23.3. The molecule has 3 N–H and O–H groups in total. The van der Waals surface area contributed by atoms with E-state index in [1.54, 1.807) is 6.92 Å². The molecule has 0 saturated carbocycles. The molecule has 1 heterocycles. The Morgan fingerprint density at radius 3 is 2.48 bits per heavy atom. The van der Waals surface area contributed by atoms with Crippen LogP contribution in [0.2, 0.25) is 0 Å². The molecule has 118 valence electrons. The SMILES string of the molecule is CC1(NS(=O)(=O)c2cc(S(C)(=O)=O)ccc2N)CCOC1. The molecule has 1 atom stereocenters. The number of nitrogens with two attached hydrogens (primary N) is 1. The molecule has 0 spiro atoms. The van der Waals surface area contributed by atoms with Crippen LogP contribution < -0.4 is 10.5 Å². The number of hydrogen-bond acceptors (Lipinski definition) is 6. The Morgan fingerprint density at radius 2 is 1.95 bits per heavy atom. The zero-order valence-corrected chi connectivity index (χ0v) is 13.4. The summed E-state index contributed by atoms with van der Waals surface area (Å²) in [6, 6.07) is 3.63. The summed E-state index contributed by atoms with van der Waals surface area (Å²) in [5.41, 5.74) is 4.97. The van der Waals surface area contributed by atoms with Gasteiger partial charge >= 0.3 is 0 Å². The van der Waals surface area contributed by atoms with Crippen molar-refractivity contribution in [3.8, 4) is 0 Å². The summed E-state index contributed by atoms with van der Waals surface area (Å²) < 4.78 is 55.7. The number of hydrogen-bond donors (Lipinski definition) is 2. The molecular weight excluding hydrogens is 316 g/mol. The molecule has 0 amide bonds. The van der Waals surface area contributed by atoms with Crippen LogP contribution in [-0.2, 0) is 24.6 Å². The number of nitrogen functional groups attached to an aromatic ring is 1. The second-order valence-electron chi connectivity index (χ2n) is 5.44. The predicted molar refractivity (Wildman–Crippen MR) is 78.1 cm³/mol. The minimum atomic E-state index is -3.94. The van der Waals surface area contributed by atoms with Gasteiger partial charge < -0.3 is 10.5 Å². The van der Waals surface area contributed by atoms with Crippen molar-refractivity contribution in [2.45, 2.75) is 28.7 Å². The Bertz CT molecular complexity index is 750. The Hall–Kier alpha value is -1.16. The van der Waals surface area contributed by atoms with Gasteiger partial charge in [0.2, 0.25) is 10.0 Å². The molecule has 7 nitrogen and oxygen atoms in total. The van der Waals surface area contributed by atoms with Crippen LogP contribution in [0.5, 0.6) is 0 Å². The van der Waals surface area contributed by atoms with E-state index < -0.39 is 25.4 Å². The molecule has 1 unspecified atom stereocenters. The molecule has 0 bridgehead atoms. The molecule has 1 aliphatic rings. The lowest BCUT2D eigenvalue weighted by atomic mass is 10.0. The molecule has 1 fully saturated rings. The van der Waals surface area contributed by atoms with Crippen molar-refractivity contribution in [2.75, 3.05) is 25.2 Å². The fraction of sp³-hybridized carbons (Fsp3) is 0.500. The maximum Gasteiger partial charge on any atom is 0.243 e. The zero-order chi connectivity index (χ0) is 15.9. The van der Waals surface area contributed by atoms with Gasteiger partial charge in [-0.3, -0.25) is 0 Å². The highest BCUT2D eigenvalue weighted by Gasteiger charge is 2.35. The number of anilines is 1. The molecule has 1 saturated heterocycles. The van der Waals surface area contributed by atoms with Crippen LogP contribution in [0.25, 0.3) is 0 Å². The highest BCUT2D eigenvalue weighted by atomic mass is 32.2. The monoisotopic (exact) mass is 334 g/mol. The largest absolute Gasteiger partial charge is 0.398 e. The second kappa shape index (κ2) is 5.24. The highest BCUT2D eigenvalue weighted by molar-refractivity contribution is 7.91. The Kier molecular flexibility index (Phi) is 4.04. The fourth-order valence-electron chi connectivity index (χ4n) is 2.10. The number of rotatable bonds is 4. The van der Waals surface area contributed by atoms with Crippen LogP contribution in [-0.4, -0.2) is 41.8 Å². The van der Waals surface area contributed by atoms with Crippen molar-refractivity contribution in [1.29, 1.82) is 0 Å². The quantitative estimate of drug-likeness (QED) is 0.756. The second-order valence-corrected chi connectivity index (χ2v) is 9.11. The van der Waals surface area contributed by atoms with E-state index in [9.17, 15) is 16.8 Å². The van der Waals surface area contributed by atoms with E-state index in [1.165, 1.54) is 12.1 Å².